The van der Waals surface area contributed by atoms with Crippen molar-refractivity contribution in [1.29, 1.82) is 0 Å². The average Bonchev–Trinajstić information content (AvgIpc) is 2.79. The van der Waals surface area contributed by atoms with Crippen molar-refractivity contribution in [1.82, 2.24) is 19.8 Å². The van der Waals surface area contributed by atoms with Crippen LogP contribution in [0.3, 0.4) is 0 Å². The minimum atomic E-state index is -0.229. The summed E-state index contributed by atoms with van der Waals surface area (Å²) >= 11 is 0. The van der Waals surface area contributed by atoms with E-state index in [-0.39, 0.29) is 5.56 Å². The normalized spacial score (nSPS) is 15.4. The molecule has 0 aliphatic carbocycles. The molecule has 1 N–H and O–H groups in total. The number of nitrogens with one attached hydrogen (secondary N) is 1. The molecule has 1 fully saturated rings. The van der Waals surface area contributed by atoms with Crippen LogP contribution in [-0.2, 0) is 6.54 Å². The number of H-pyrrole nitrogens is 1. The summed E-state index contributed by atoms with van der Waals surface area (Å²) < 4.78 is 10.7. The molecule has 158 valence electrons. The fraction of sp³-hybridized carbons (Fsp3) is 0.391. The van der Waals surface area contributed by atoms with E-state index in [0.717, 1.165) is 44.8 Å². The summed E-state index contributed by atoms with van der Waals surface area (Å²) in [7, 11) is 3.11. The number of ether oxygens (including phenoxy) is 2. The Morgan fingerprint density at radius 1 is 1.00 bits per heavy atom. The Labute approximate surface area is 176 Å². The van der Waals surface area contributed by atoms with Gasteiger partial charge in [0.2, 0.25) is 0 Å². The zero-order chi connectivity index (χ0) is 21.1. The summed E-state index contributed by atoms with van der Waals surface area (Å²) in [5, 5.41) is 0.421. The second kappa shape index (κ2) is 8.85. The molecule has 1 aliphatic rings. The lowest BCUT2D eigenvalue weighted by Gasteiger charge is -2.34. The minimum absolute atomic E-state index is 0.229. The Hall–Kier alpha value is -2.90. The third-order valence-electron chi connectivity index (χ3n) is 5.75. The van der Waals surface area contributed by atoms with E-state index in [4.69, 9.17) is 9.47 Å². The van der Waals surface area contributed by atoms with Crippen molar-refractivity contribution in [2.75, 3.05) is 46.9 Å². The van der Waals surface area contributed by atoms with Gasteiger partial charge in [0.15, 0.2) is 0 Å². The van der Waals surface area contributed by atoms with Gasteiger partial charge in [0.1, 0.15) is 22.7 Å². The molecule has 0 spiro atoms. The lowest BCUT2D eigenvalue weighted by atomic mass is 10.1. The van der Waals surface area contributed by atoms with Gasteiger partial charge in [0.25, 0.3) is 5.56 Å². The number of aromatic nitrogens is 2. The van der Waals surface area contributed by atoms with Crippen LogP contribution >= 0.6 is 0 Å². The lowest BCUT2D eigenvalue weighted by molar-refractivity contribution is 0.132. The molecule has 2 heterocycles. The first-order chi connectivity index (χ1) is 14.6. The van der Waals surface area contributed by atoms with Gasteiger partial charge >= 0.3 is 0 Å². The third kappa shape index (κ3) is 4.17. The van der Waals surface area contributed by atoms with Crippen molar-refractivity contribution < 1.29 is 9.47 Å². The monoisotopic (exact) mass is 408 g/mol. The van der Waals surface area contributed by atoms with Gasteiger partial charge in [-0.1, -0.05) is 31.2 Å². The second-order valence-corrected chi connectivity index (χ2v) is 7.55. The second-order valence-electron chi connectivity index (χ2n) is 7.55. The molecule has 4 rings (SSSR count). The maximum atomic E-state index is 12.7. The van der Waals surface area contributed by atoms with Crippen LogP contribution in [0.1, 0.15) is 12.5 Å². The zero-order valence-electron chi connectivity index (χ0n) is 17.8. The molecule has 1 aromatic heterocycles. The number of benzene rings is 2. The van der Waals surface area contributed by atoms with E-state index < -0.39 is 0 Å². The van der Waals surface area contributed by atoms with E-state index in [9.17, 15) is 4.79 Å². The van der Waals surface area contributed by atoms with Crippen molar-refractivity contribution in [2.45, 2.75) is 13.5 Å². The van der Waals surface area contributed by atoms with E-state index in [0.29, 0.717) is 28.2 Å². The molecule has 0 bridgehead atoms. The Morgan fingerprint density at radius 2 is 1.70 bits per heavy atom. The maximum Gasteiger partial charge on any atom is 0.262 e. The number of likely N-dealkylation sites (N-methyl/N-ethyl adjacent to an activating group) is 1. The van der Waals surface area contributed by atoms with Crippen LogP contribution < -0.4 is 15.0 Å². The van der Waals surface area contributed by atoms with Gasteiger partial charge in [-0.2, -0.15) is 0 Å². The molecule has 0 amide bonds. The lowest BCUT2D eigenvalue weighted by Crippen LogP contribution is -2.45. The molecular weight excluding hydrogens is 380 g/mol. The van der Waals surface area contributed by atoms with Gasteiger partial charge in [-0.3, -0.25) is 9.69 Å². The first-order valence-corrected chi connectivity index (χ1v) is 10.3. The van der Waals surface area contributed by atoms with Crippen LogP contribution in [0.5, 0.6) is 11.5 Å². The highest BCUT2D eigenvalue weighted by atomic mass is 16.5. The molecule has 0 unspecified atom stereocenters. The Morgan fingerprint density at radius 3 is 2.33 bits per heavy atom. The van der Waals surface area contributed by atoms with E-state index >= 15 is 0 Å². The average molecular weight is 409 g/mol. The van der Waals surface area contributed by atoms with E-state index in [1.165, 1.54) is 12.7 Å². The van der Waals surface area contributed by atoms with Crippen molar-refractivity contribution in [3.8, 4) is 22.9 Å². The predicted molar refractivity (Wildman–Crippen MR) is 118 cm³/mol. The van der Waals surface area contributed by atoms with Gasteiger partial charge in [-0.25, -0.2) is 4.98 Å². The van der Waals surface area contributed by atoms with E-state index in [1.54, 1.807) is 19.2 Å². The van der Waals surface area contributed by atoms with Crippen molar-refractivity contribution >= 4 is 10.9 Å². The molecule has 7 heteroatoms. The molecule has 3 aromatic rings. The number of aromatic amines is 1. The molecule has 2 aromatic carbocycles. The van der Waals surface area contributed by atoms with Crippen molar-refractivity contribution in [3.63, 3.8) is 0 Å². The molecule has 1 saturated heterocycles. The summed E-state index contributed by atoms with van der Waals surface area (Å²) in [4.78, 5) is 25.2. The van der Waals surface area contributed by atoms with Crippen molar-refractivity contribution in [3.05, 3.63) is 52.3 Å². The smallest absolute Gasteiger partial charge is 0.262 e. The number of hydrogen-bond donors (Lipinski definition) is 1. The summed E-state index contributed by atoms with van der Waals surface area (Å²) in [5.74, 6) is 1.58. The first kappa shape index (κ1) is 20.4. The Balaban J connectivity index is 1.57. The summed E-state index contributed by atoms with van der Waals surface area (Å²) in [6, 6.07) is 11.7. The quantitative estimate of drug-likeness (QED) is 0.676. The van der Waals surface area contributed by atoms with Crippen LogP contribution in [0.2, 0.25) is 0 Å². The van der Waals surface area contributed by atoms with E-state index in [1.807, 2.05) is 12.1 Å². The highest BCUT2D eigenvalue weighted by Gasteiger charge is 2.16. The molecule has 0 radical (unpaired) electrons. The number of methoxy groups -OCH3 is 2. The largest absolute Gasteiger partial charge is 0.497 e. The van der Waals surface area contributed by atoms with Gasteiger partial charge in [-0.15, -0.1) is 0 Å². The fourth-order valence-corrected chi connectivity index (χ4v) is 3.92. The molecular formula is C23H28N4O3. The molecule has 0 saturated carbocycles. The van der Waals surface area contributed by atoms with E-state index in [2.05, 4.69) is 38.8 Å². The van der Waals surface area contributed by atoms with Crippen LogP contribution in [0.15, 0.2) is 41.2 Å². The van der Waals surface area contributed by atoms with Gasteiger partial charge in [-0.05, 0) is 12.1 Å². The van der Waals surface area contributed by atoms with Gasteiger partial charge in [0.05, 0.1) is 19.7 Å². The van der Waals surface area contributed by atoms with Gasteiger partial charge in [0, 0.05) is 50.4 Å². The zero-order valence-corrected chi connectivity index (χ0v) is 17.8. The summed E-state index contributed by atoms with van der Waals surface area (Å²) in [6.45, 7) is 8.72. The number of piperazine rings is 1. The number of rotatable bonds is 6. The summed E-state index contributed by atoms with van der Waals surface area (Å²) in [5.41, 5.74) is 2.45. The third-order valence-corrected chi connectivity index (χ3v) is 5.75. The highest BCUT2D eigenvalue weighted by molar-refractivity contribution is 5.87. The van der Waals surface area contributed by atoms with Crippen LogP contribution in [-0.4, -0.2) is 66.7 Å². The fourth-order valence-electron chi connectivity index (χ4n) is 3.92. The topological polar surface area (TPSA) is 70.7 Å². The van der Waals surface area contributed by atoms with Crippen molar-refractivity contribution in [2.24, 2.45) is 0 Å². The molecule has 30 heavy (non-hydrogen) atoms. The first-order valence-electron chi connectivity index (χ1n) is 10.3. The highest BCUT2D eigenvalue weighted by Crippen LogP contribution is 2.28. The van der Waals surface area contributed by atoms with Gasteiger partial charge < -0.3 is 19.4 Å². The minimum Gasteiger partial charge on any atom is -0.497 e. The maximum absolute atomic E-state index is 12.7. The van der Waals surface area contributed by atoms with Crippen LogP contribution in [0.4, 0.5) is 0 Å². The standard InChI is InChI=1S/C23H28N4O3/c1-4-26-9-11-27(12-10-26)15-16-5-7-17(8-6-16)22-24-19-13-18(29-2)14-20(30-3)21(19)23(28)25-22/h5-8,13-14H,4,9-12,15H2,1-3H3,(H,24,25,28). The number of fused-ring (bicyclic) bond motifs is 1. The van der Waals surface area contributed by atoms with Crippen LogP contribution in [0.25, 0.3) is 22.3 Å². The number of nitrogens with zero attached hydrogens (tertiary/aromatic N) is 3. The molecule has 0 atom stereocenters. The summed E-state index contributed by atoms with van der Waals surface area (Å²) in [6.07, 6.45) is 0. The number of hydrogen-bond acceptors (Lipinski definition) is 6. The van der Waals surface area contributed by atoms with Crippen LogP contribution in [0, 0.1) is 0 Å². The Bertz CT molecular complexity index is 1070. The molecule has 7 nitrogen and oxygen atoms in total. The Kier molecular flexibility index (Phi) is 6.01. The molecule has 1 aliphatic heterocycles. The SMILES string of the molecule is CCN1CCN(Cc2ccc(-c3nc4cc(OC)cc(OC)c4c(=O)[nH]3)cc2)CC1. The predicted octanol–water partition coefficient (Wildman–Crippen LogP) is 2.74.